The summed E-state index contributed by atoms with van der Waals surface area (Å²) >= 11 is 0. The molecular weight excluding hydrogens is 228 g/mol. The molecule has 1 amide bonds. The number of amides is 1. The average Bonchev–Trinajstić information content (AvgIpc) is 2.78. The lowest BCUT2D eigenvalue weighted by Crippen LogP contribution is -2.11. The fraction of sp³-hybridized carbons (Fsp3) is 0.143. The van der Waals surface area contributed by atoms with E-state index in [9.17, 15) is 4.79 Å². The molecule has 92 valence electrons. The number of carbonyl (C=O) groups excluding carboxylic acids is 1. The Balaban J connectivity index is 2.28. The highest BCUT2D eigenvalue weighted by molar-refractivity contribution is 5.95. The minimum atomic E-state index is -0.454. The van der Waals surface area contributed by atoms with Gasteiger partial charge in [-0.1, -0.05) is 6.07 Å². The van der Waals surface area contributed by atoms with Crippen LogP contribution in [-0.2, 0) is 4.79 Å². The van der Waals surface area contributed by atoms with E-state index >= 15 is 0 Å². The Bertz CT molecular complexity index is 595. The Morgan fingerprint density at radius 3 is 2.78 bits per heavy atom. The zero-order valence-electron chi connectivity index (χ0n) is 10.3. The van der Waals surface area contributed by atoms with Crippen molar-refractivity contribution in [2.75, 3.05) is 0 Å². The third kappa shape index (κ3) is 2.66. The van der Waals surface area contributed by atoms with Gasteiger partial charge in [0.15, 0.2) is 0 Å². The molecule has 0 atom stereocenters. The molecule has 0 aliphatic heterocycles. The fourth-order valence-corrected chi connectivity index (χ4v) is 1.50. The van der Waals surface area contributed by atoms with Crippen LogP contribution in [0.5, 0.6) is 0 Å². The van der Waals surface area contributed by atoms with Crippen molar-refractivity contribution in [1.29, 1.82) is 0 Å². The quantitative estimate of drug-likeness (QED) is 0.841. The molecule has 0 aliphatic rings. The van der Waals surface area contributed by atoms with Gasteiger partial charge in [-0.2, -0.15) is 0 Å². The molecule has 0 radical (unpaired) electrons. The number of rotatable bonds is 3. The summed E-state index contributed by atoms with van der Waals surface area (Å²) in [6.07, 6.45) is 5.04. The van der Waals surface area contributed by atoms with E-state index in [4.69, 9.17) is 10.2 Å². The van der Waals surface area contributed by atoms with E-state index < -0.39 is 5.91 Å². The number of pyridine rings is 1. The Labute approximate surface area is 105 Å². The molecule has 0 saturated carbocycles. The van der Waals surface area contributed by atoms with E-state index in [0.717, 1.165) is 16.8 Å². The van der Waals surface area contributed by atoms with Crippen LogP contribution in [-0.4, -0.2) is 10.9 Å². The van der Waals surface area contributed by atoms with Gasteiger partial charge in [-0.3, -0.25) is 9.78 Å². The molecule has 0 fully saturated rings. The molecule has 2 heterocycles. The summed E-state index contributed by atoms with van der Waals surface area (Å²) in [7, 11) is 0. The minimum absolute atomic E-state index is 0.454. The van der Waals surface area contributed by atoms with E-state index in [-0.39, 0.29) is 0 Å². The number of nitrogens with zero attached hydrogens (tertiary/aromatic N) is 1. The van der Waals surface area contributed by atoms with Crippen molar-refractivity contribution >= 4 is 12.0 Å². The number of carbonyl (C=O) groups is 1. The summed E-state index contributed by atoms with van der Waals surface area (Å²) in [5, 5.41) is 0. The summed E-state index contributed by atoms with van der Waals surface area (Å²) in [6.45, 7) is 3.58. The van der Waals surface area contributed by atoms with Crippen molar-refractivity contribution in [3.05, 3.63) is 47.7 Å². The average molecular weight is 242 g/mol. The highest BCUT2D eigenvalue weighted by atomic mass is 16.3. The van der Waals surface area contributed by atoms with Crippen LogP contribution in [0.3, 0.4) is 0 Å². The fourth-order valence-electron chi connectivity index (χ4n) is 1.50. The molecular formula is C14H14N2O2. The smallest absolute Gasteiger partial charge is 0.244 e. The van der Waals surface area contributed by atoms with E-state index in [1.807, 2.05) is 25.1 Å². The van der Waals surface area contributed by atoms with E-state index in [1.165, 1.54) is 0 Å². The van der Waals surface area contributed by atoms with Gasteiger partial charge in [0.25, 0.3) is 0 Å². The molecule has 0 aliphatic carbocycles. The SMILES string of the molecule is C/C(=C\c1cc(-c2ccc(C)nc2)co1)C(N)=O. The van der Waals surface area contributed by atoms with E-state index in [1.54, 1.807) is 25.5 Å². The number of nitrogens with two attached hydrogens (primary N) is 1. The maximum Gasteiger partial charge on any atom is 0.244 e. The van der Waals surface area contributed by atoms with Crippen molar-refractivity contribution < 1.29 is 9.21 Å². The number of hydrogen-bond donors (Lipinski definition) is 1. The lowest BCUT2D eigenvalue weighted by atomic mass is 10.1. The van der Waals surface area contributed by atoms with Crippen molar-refractivity contribution in [2.45, 2.75) is 13.8 Å². The number of primary amides is 1. The highest BCUT2D eigenvalue weighted by Gasteiger charge is 2.04. The van der Waals surface area contributed by atoms with Crippen molar-refractivity contribution in [3.8, 4) is 11.1 Å². The highest BCUT2D eigenvalue weighted by Crippen LogP contribution is 2.22. The normalized spacial score (nSPS) is 11.6. The third-order valence-corrected chi connectivity index (χ3v) is 2.61. The number of aromatic nitrogens is 1. The predicted octanol–water partition coefficient (Wildman–Crippen LogP) is 2.54. The number of hydrogen-bond acceptors (Lipinski definition) is 3. The largest absolute Gasteiger partial charge is 0.464 e. The van der Waals surface area contributed by atoms with E-state index in [0.29, 0.717) is 11.3 Å². The van der Waals surface area contributed by atoms with Gasteiger partial charge in [0.1, 0.15) is 5.76 Å². The van der Waals surface area contributed by atoms with Gasteiger partial charge in [0.2, 0.25) is 5.91 Å². The lowest BCUT2D eigenvalue weighted by molar-refractivity contribution is -0.114. The summed E-state index contributed by atoms with van der Waals surface area (Å²) in [4.78, 5) is 15.1. The first-order valence-corrected chi connectivity index (χ1v) is 5.56. The molecule has 0 unspecified atom stereocenters. The van der Waals surface area contributed by atoms with E-state index in [2.05, 4.69) is 4.98 Å². The van der Waals surface area contributed by atoms with Gasteiger partial charge < -0.3 is 10.2 Å². The topological polar surface area (TPSA) is 69.1 Å². The second kappa shape index (κ2) is 4.87. The zero-order chi connectivity index (χ0) is 13.1. The summed E-state index contributed by atoms with van der Waals surface area (Å²) < 4.78 is 5.36. The van der Waals surface area contributed by atoms with Crippen LogP contribution in [0.15, 0.2) is 40.6 Å². The summed E-state index contributed by atoms with van der Waals surface area (Å²) in [5.74, 6) is 0.145. The van der Waals surface area contributed by atoms with Gasteiger partial charge in [-0.25, -0.2) is 0 Å². The zero-order valence-corrected chi connectivity index (χ0v) is 10.3. The molecule has 2 aromatic rings. The molecule has 4 nitrogen and oxygen atoms in total. The minimum Gasteiger partial charge on any atom is -0.464 e. The molecule has 0 saturated heterocycles. The molecule has 2 N–H and O–H groups in total. The number of furan rings is 1. The predicted molar refractivity (Wildman–Crippen MR) is 69.5 cm³/mol. The molecule has 0 aromatic carbocycles. The first-order chi connectivity index (χ1) is 8.56. The maximum absolute atomic E-state index is 10.9. The van der Waals surface area contributed by atoms with Crippen LogP contribution in [0.1, 0.15) is 18.4 Å². The van der Waals surface area contributed by atoms with Crippen LogP contribution in [0.25, 0.3) is 17.2 Å². The standard InChI is InChI=1S/C14H14N2O2/c1-9(14(15)17)5-13-6-12(8-18-13)11-4-3-10(2)16-7-11/h3-8H,1-2H3,(H2,15,17)/b9-5+. The molecule has 0 bridgehead atoms. The van der Waals surface area contributed by atoms with Gasteiger partial charge in [0, 0.05) is 28.6 Å². The van der Waals surface area contributed by atoms with Crippen LogP contribution >= 0.6 is 0 Å². The maximum atomic E-state index is 10.9. The molecule has 2 aromatic heterocycles. The summed E-state index contributed by atoms with van der Waals surface area (Å²) in [5.41, 5.74) is 8.48. The van der Waals surface area contributed by atoms with Gasteiger partial charge in [-0.05, 0) is 32.1 Å². The first-order valence-electron chi connectivity index (χ1n) is 5.56. The van der Waals surface area contributed by atoms with Gasteiger partial charge in [0.05, 0.1) is 6.26 Å². The molecule has 0 spiro atoms. The van der Waals surface area contributed by atoms with Crippen molar-refractivity contribution in [2.24, 2.45) is 5.73 Å². The Morgan fingerprint density at radius 1 is 1.39 bits per heavy atom. The van der Waals surface area contributed by atoms with Crippen LogP contribution in [0, 0.1) is 6.92 Å². The Morgan fingerprint density at radius 2 is 2.17 bits per heavy atom. The van der Waals surface area contributed by atoms with Crippen molar-refractivity contribution in [1.82, 2.24) is 4.98 Å². The molecule has 18 heavy (non-hydrogen) atoms. The Hall–Kier alpha value is -2.36. The lowest BCUT2D eigenvalue weighted by Gasteiger charge is -1.95. The second-order valence-electron chi connectivity index (χ2n) is 4.12. The van der Waals surface area contributed by atoms with Crippen LogP contribution < -0.4 is 5.73 Å². The number of aryl methyl sites for hydroxylation is 1. The summed E-state index contributed by atoms with van der Waals surface area (Å²) in [6, 6.07) is 5.76. The van der Waals surface area contributed by atoms with Gasteiger partial charge in [-0.15, -0.1) is 0 Å². The first kappa shape index (κ1) is 12.1. The Kier molecular flexibility index (Phi) is 3.28. The van der Waals surface area contributed by atoms with Crippen molar-refractivity contribution in [3.63, 3.8) is 0 Å². The molecule has 4 heteroatoms. The molecule has 2 rings (SSSR count). The third-order valence-electron chi connectivity index (χ3n) is 2.61. The monoisotopic (exact) mass is 242 g/mol. The second-order valence-corrected chi connectivity index (χ2v) is 4.12. The van der Waals surface area contributed by atoms with Gasteiger partial charge >= 0.3 is 0 Å². The van der Waals surface area contributed by atoms with Crippen LogP contribution in [0.2, 0.25) is 0 Å². The van der Waals surface area contributed by atoms with Crippen LogP contribution in [0.4, 0.5) is 0 Å².